The maximum Gasteiger partial charge on any atom is 0.267 e. The first-order chi connectivity index (χ1) is 28.2. The molecule has 0 aliphatic heterocycles. The molecule has 2 N–H and O–H groups in total. The second-order valence-electron chi connectivity index (χ2n) is 10.4. The van der Waals surface area contributed by atoms with Gasteiger partial charge in [-0.25, -0.2) is 9.69 Å². The number of rotatable bonds is 18. The Labute approximate surface area is 434 Å². The molecule has 0 aromatic heterocycles. The molecule has 0 spiro atoms. The van der Waals surface area contributed by atoms with E-state index in [1.165, 1.54) is 18.2 Å². The molecule has 0 aliphatic rings. The van der Waals surface area contributed by atoms with Crippen LogP contribution in [0.15, 0.2) is 36.4 Å². The van der Waals surface area contributed by atoms with Crippen molar-refractivity contribution in [2.75, 3.05) is 5.73 Å². The summed E-state index contributed by atoms with van der Waals surface area (Å²) < 4.78 is 0. The van der Waals surface area contributed by atoms with Gasteiger partial charge in [-0.1, -0.05) is 27.9 Å². The number of non-ortho nitro benzene ring substituents is 1. The molecular weight excluding hydrogens is 1450 g/mol. The van der Waals surface area contributed by atoms with Gasteiger partial charge in [0.05, 0.1) is 18.1 Å². The first kappa shape index (κ1) is 75.6. The topological polar surface area (TPSA) is 77.9 Å². The lowest BCUT2D eigenvalue weighted by atomic mass is 10.1. The number of nitrogen functional groups attached to an aromatic ring is 1. The van der Waals surface area contributed by atoms with E-state index in [2.05, 4.69) is 188 Å². The van der Waals surface area contributed by atoms with Crippen LogP contribution in [0, 0.1) is 23.3 Å². The van der Waals surface area contributed by atoms with E-state index in [1.807, 2.05) is 19.9 Å². The predicted molar refractivity (Wildman–Crippen MR) is 408 cm³/mol. The average Bonchev–Trinajstić information content (AvgIpc) is 3.16. The molecule has 0 aliphatic carbocycles. The molecule has 0 heterocycles. The minimum atomic E-state index is -0.452. The van der Waals surface area contributed by atoms with Crippen LogP contribution in [0.4, 0.5) is 22.7 Å². The standard InChI is InChI=1S/C9H8N2O2.C9H10N2.H21P19.H20P18/c1-3-7-6-8(11(12)13)4-5-9(7)10-2;1-3-7-6-8(10)4-5-9(7)11-2;1-11-16(10)19(17(12(2)3)13(4)5)18(14(6)7)15(8)9;1-11(2)16(12(3)4)18(15(9)10)17(13(5)6)14(7)8/h4-6H,3H2,1H3;4-6H,3,10H2,1H3;11H,1-10H2;1-10H2. The zero-order chi connectivity index (χ0) is 48.1. The molecule has 348 valence electrons. The van der Waals surface area contributed by atoms with E-state index in [-0.39, 0.29) is 117 Å². The molecule has 0 radical (unpaired) electrons. The zero-order valence-electron chi connectivity index (χ0n) is 32.8. The SMILES string of the molecule is PP(P)P(P(P)P)P(P(P)P)P(P(P)P)P(P)P.PPP(P)P(P(P(P)P)P(P)P)P(P(P)P)P(P)P.[C-]#[N+]c1ccc(N)cc1CC.[C-]#[N+]c1ccc([N+](=O)[O-])cc1CC. The molecule has 61 heavy (non-hydrogen) atoms. The Morgan fingerprint density at radius 3 is 1.10 bits per heavy atom. The van der Waals surface area contributed by atoms with Crippen LogP contribution in [0.5, 0.6) is 0 Å². The summed E-state index contributed by atoms with van der Waals surface area (Å²) in [4.78, 5) is 16.6. The summed E-state index contributed by atoms with van der Waals surface area (Å²) in [6.45, 7) is 19.1. The Morgan fingerprint density at radius 2 is 0.836 bits per heavy atom. The highest BCUT2D eigenvalue weighted by molar-refractivity contribution is 9.35. The fraction of sp³-hybridized carbons (Fsp3) is 0.222. The highest BCUT2D eigenvalue weighted by atomic mass is 33.4. The lowest BCUT2D eigenvalue weighted by Gasteiger charge is -2.44. The molecule has 0 amide bonds. The number of hydrogen-bond donors (Lipinski definition) is 1. The van der Waals surface area contributed by atoms with Crippen LogP contribution in [0.25, 0.3) is 9.69 Å². The molecule has 0 saturated heterocycles. The third-order valence-electron chi connectivity index (χ3n) is 6.20. The molecular formula is C18H59N4O2P37. The van der Waals surface area contributed by atoms with Gasteiger partial charge >= 0.3 is 0 Å². The van der Waals surface area contributed by atoms with E-state index >= 15 is 0 Å². The molecule has 43 heteroatoms. The molecule has 6 nitrogen and oxygen atoms in total. The van der Waals surface area contributed by atoms with E-state index < -0.39 is 4.92 Å². The van der Waals surface area contributed by atoms with Gasteiger partial charge in [0.2, 0.25) is 0 Å². The van der Waals surface area contributed by atoms with Crippen molar-refractivity contribution in [3.05, 3.63) is 80.5 Å². The Bertz CT molecular complexity index is 1570. The highest BCUT2D eigenvalue weighted by Gasteiger charge is 2.41. The van der Waals surface area contributed by atoms with E-state index in [0.717, 1.165) is 31.2 Å². The van der Waals surface area contributed by atoms with Crippen LogP contribution in [0.2, 0.25) is 0 Å². The van der Waals surface area contributed by atoms with Gasteiger partial charge in [0.15, 0.2) is 11.4 Å². The van der Waals surface area contributed by atoms with E-state index in [0.29, 0.717) is 17.8 Å². The van der Waals surface area contributed by atoms with Crippen molar-refractivity contribution in [3.63, 3.8) is 0 Å². The number of aryl methyl sites for hydroxylation is 2. The van der Waals surface area contributed by atoms with Crippen LogP contribution in [0.1, 0.15) is 25.0 Å². The van der Waals surface area contributed by atoms with Gasteiger partial charge in [-0.3, -0.25) is 10.1 Å². The number of nitrogens with zero attached hydrogens (tertiary/aromatic N) is 3. The highest BCUT2D eigenvalue weighted by Crippen LogP contribution is 3.29. The van der Waals surface area contributed by atoms with Gasteiger partial charge in [-0.2, -0.15) is 0 Å². The minimum Gasteiger partial charge on any atom is -0.399 e. The Balaban J connectivity index is 0. The summed E-state index contributed by atoms with van der Waals surface area (Å²) in [7, 11) is 63.7. The fourth-order valence-electron chi connectivity index (χ4n) is 3.84. The third-order valence-corrected chi connectivity index (χ3v) is 232. The zero-order valence-corrected chi connectivity index (χ0v) is 71.2. The number of hydrogen-bond acceptors (Lipinski definition) is 3. The lowest BCUT2D eigenvalue weighted by molar-refractivity contribution is -0.384. The fourth-order valence-corrected chi connectivity index (χ4v) is 432. The van der Waals surface area contributed by atoms with Gasteiger partial charge in [-0.15, -0.1) is 179 Å². The van der Waals surface area contributed by atoms with Crippen molar-refractivity contribution in [1.29, 1.82) is 0 Å². The maximum atomic E-state index is 10.4. The second kappa shape index (κ2) is 43.3. The van der Waals surface area contributed by atoms with Crippen molar-refractivity contribution in [2.24, 2.45) is 0 Å². The quantitative estimate of drug-likeness (QED) is 0.0531. The molecule has 22 unspecified atom stereocenters. The van der Waals surface area contributed by atoms with Gasteiger partial charge < -0.3 is 5.73 Å². The van der Waals surface area contributed by atoms with Gasteiger partial charge in [0, 0.05) is 17.8 Å². The Kier molecular flexibility index (Phi) is 53.7. The monoisotopic (exact) mass is 1510 g/mol. The Morgan fingerprint density at radius 1 is 0.541 bits per heavy atom. The van der Waals surface area contributed by atoms with Crippen LogP contribution in [0.3, 0.4) is 0 Å². The number of nitrogens with two attached hydrogens (primary N) is 1. The van der Waals surface area contributed by atoms with Gasteiger partial charge in [0.25, 0.3) is 5.69 Å². The van der Waals surface area contributed by atoms with Crippen molar-refractivity contribution in [2.45, 2.75) is 26.7 Å². The van der Waals surface area contributed by atoms with Crippen molar-refractivity contribution in [1.82, 2.24) is 0 Å². The van der Waals surface area contributed by atoms with E-state index in [9.17, 15) is 10.1 Å². The van der Waals surface area contributed by atoms with Crippen molar-refractivity contribution < 1.29 is 4.92 Å². The van der Waals surface area contributed by atoms with Crippen molar-refractivity contribution >= 4 is 321 Å². The third kappa shape index (κ3) is 30.6. The maximum absolute atomic E-state index is 10.4. The summed E-state index contributed by atoms with van der Waals surface area (Å²) in [6.07, 6.45) is 1.50. The van der Waals surface area contributed by atoms with Crippen molar-refractivity contribution in [3.8, 4) is 0 Å². The van der Waals surface area contributed by atoms with Crippen LogP contribution in [-0.4, -0.2) is 4.92 Å². The first-order valence-corrected chi connectivity index (χ1v) is 81.3. The molecule has 2 aromatic carbocycles. The summed E-state index contributed by atoms with van der Waals surface area (Å²) in [6, 6.07) is 9.67. The largest absolute Gasteiger partial charge is 0.399 e. The van der Waals surface area contributed by atoms with E-state index in [1.54, 1.807) is 12.1 Å². The summed E-state index contributed by atoms with van der Waals surface area (Å²) in [5, 5.41) is 10.4. The predicted octanol–water partition coefficient (Wildman–Crippen LogP) is 26.0. The van der Waals surface area contributed by atoms with Crippen LogP contribution < -0.4 is 5.73 Å². The summed E-state index contributed by atoms with van der Waals surface area (Å²) >= 11 is 0. The summed E-state index contributed by atoms with van der Waals surface area (Å²) in [5.74, 6) is 0. The molecule has 0 bridgehead atoms. The Hall–Kier alpha value is 12.5. The number of nitro groups is 1. The van der Waals surface area contributed by atoms with Gasteiger partial charge in [-0.05, 0) is 154 Å². The first-order valence-electron chi connectivity index (χ1n) is 15.6. The van der Waals surface area contributed by atoms with E-state index in [4.69, 9.17) is 18.9 Å². The minimum absolute atomic E-state index is 0.0415. The molecule has 2 aromatic rings. The smallest absolute Gasteiger partial charge is 0.267 e. The average molecular weight is 1510 g/mol. The molecule has 0 fully saturated rings. The number of anilines is 1. The molecule has 22 atom stereocenters. The number of benzene rings is 2. The normalized spacial score (nSPS) is 12.5. The van der Waals surface area contributed by atoms with Crippen LogP contribution in [-0.2, 0) is 12.8 Å². The summed E-state index contributed by atoms with van der Waals surface area (Å²) in [5.41, 5.74) is 9.29. The second-order valence-corrected chi connectivity index (χ2v) is 153. The molecule has 2 rings (SSSR count). The molecule has 0 saturated carbocycles. The van der Waals surface area contributed by atoms with Gasteiger partial charge in [0.1, 0.15) is 0 Å². The lowest BCUT2D eigenvalue weighted by Crippen LogP contribution is -1.89. The van der Waals surface area contributed by atoms with Crippen LogP contribution >= 0.6 is 298 Å². The number of nitro benzene ring substituents is 1.